The molecule has 6 heteroatoms. The van der Waals surface area contributed by atoms with Crippen LogP contribution in [-0.4, -0.2) is 12.1 Å². The first-order valence-corrected chi connectivity index (χ1v) is 7.48. The molecule has 2 rings (SSSR count). The lowest BCUT2D eigenvalue weighted by Crippen LogP contribution is -2.01. The number of rotatable bonds is 5. The molecule has 0 saturated carbocycles. The van der Waals surface area contributed by atoms with E-state index in [2.05, 4.69) is 11.6 Å². The number of ether oxygens (including phenoxy) is 2. The van der Waals surface area contributed by atoms with Gasteiger partial charge in [0.15, 0.2) is 5.75 Å². The van der Waals surface area contributed by atoms with Crippen molar-refractivity contribution >= 4 is 23.2 Å². The third-order valence-electron chi connectivity index (χ3n) is 3.13. The van der Waals surface area contributed by atoms with Crippen LogP contribution in [0.2, 0.25) is 10.0 Å². The third-order valence-corrected chi connectivity index (χ3v) is 3.68. The highest BCUT2D eigenvalue weighted by atomic mass is 35.5. The fourth-order valence-electron chi connectivity index (χ4n) is 2.09. The number of nitriles is 1. The lowest BCUT2D eigenvalue weighted by atomic mass is 10.1. The molecule has 0 spiro atoms. The Kier molecular flexibility index (Phi) is 5.49. The molecule has 0 saturated heterocycles. The summed E-state index contributed by atoms with van der Waals surface area (Å²) in [5.74, 6) is 1.10. The Balaban J connectivity index is 2.58. The predicted octanol–water partition coefficient (Wildman–Crippen LogP) is 5.10. The van der Waals surface area contributed by atoms with Gasteiger partial charge in [-0.1, -0.05) is 29.3 Å². The summed E-state index contributed by atoms with van der Waals surface area (Å²) >= 11 is 12.3. The van der Waals surface area contributed by atoms with Crippen molar-refractivity contribution in [1.82, 2.24) is 4.98 Å². The van der Waals surface area contributed by atoms with Gasteiger partial charge in [-0.25, -0.2) is 4.98 Å². The van der Waals surface area contributed by atoms with Crippen LogP contribution in [0.3, 0.4) is 0 Å². The molecule has 2 aromatic rings. The molecule has 4 nitrogen and oxygen atoms in total. The van der Waals surface area contributed by atoms with Crippen LogP contribution in [0, 0.1) is 18.3 Å². The number of pyridine rings is 1. The van der Waals surface area contributed by atoms with Gasteiger partial charge in [-0.05, 0) is 31.5 Å². The van der Waals surface area contributed by atoms with Gasteiger partial charge < -0.3 is 9.47 Å². The van der Waals surface area contributed by atoms with Gasteiger partial charge in [-0.15, -0.1) is 6.58 Å². The van der Waals surface area contributed by atoms with E-state index in [1.165, 1.54) is 7.11 Å². The van der Waals surface area contributed by atoms with Gasteiger partial charge in [0.1, 0.15) is 10.8 Å². The number of methoxy groups -OCH3 is 1. The highest BCUT2D eigenvalue weighted by Gasteiger charge is 2.19. The number of aromatic nitrogens is 1. The van der Waals surface area contributed by atoms with E-state index in [0.29, 0.717) is 28.5 Å². The first kappa shape index (κ1) is 17.1. The van der Waals surface area contributed by atoms with Crippen LogP contribution in [0.5, 0.6) is 17.4 Å². The van der Waals surface area contributed by atoms with Crippen molar-refractivity contribution in [3.63, 3.8) is 0 Å². The van der Waals surface area contributed by atoms with Crippen molar-refractivity contribution in [3.8, 4) is 23.4 Å². The van der Waals surface area contributed by atoms with Crippen molar-refractivity contribution in [1.29, 1.82) is 5.26 Å². The maximum Gasteiger partial charge on any atom is 0.236 e. The highest BCUT2D eigenvalue weighted by molar-refractivity contribution is 6.33. The Labute approximate surface area is 144 Å². The maximum absolute atomic E-state index is 9.04. The van der Waals surface area contributed by atoms with E-state index in [1.807, 2.05) is 13.0 Å². The minimum atomic E-state index is 0.258. The summed E-state index contributed by atoms with van der Waals surface area (Å²) < 4.78 is 11.1. The van der Waals surface area contributed by atoms with E-state index < -0.39 is 0 Å². The van der Waals surface area contributed by atoms with Gasteiger partial charge in [0, 0.05) is 16.3 Å². The smallest absolute Gasteiger partial charge is 0.236 e. The maximum atomic E-state index is 9.04. The largest absolute Gasteiger partial charge is 0.480 e. The molecule has 0 radical (unpaired) electrons. The summed E-state index contributed by atoms with van der Waals surface area (Å²) in [6.07, 6.45) is 2.27. The van der Waals surface area contributed by atoms with Crippen molar-refractivity contribution in [2.75, 3.05) is 7.11 Å². The molecule has 0 aliphatic rings. The molecule has 118 valence electrons. The van der Waals surface area contributed by atoms with Crippen LogP contribution in [0.25, 0.3) is 0 Å². The normalized spacial score (nSPS) is 10.0. The second kappa shape index (κ2) is 7.36. The average Bonchev–Trinajstić information content (AvgIpc) is 2.53. The van der Waals surface area contributed by atoms with Crippen LogP contribution < -0.4 is 9.47 Å². The van der Waals surface area contributed by atoms with Gasteiger partial charge >= 0.3 is 0 Å². The van der Waals surface area contributed by atoms with Crippen molar-refractivity contribution in [2.24, 2.45) is 0 Å². The Bertz CT molecular complexity index is 798. The van der Waals surface area contributed by atoms with Crippen LogP contribution in [0.4, 0.5) is 0 Å². The van der Waals surface area contributed by atoms with Crippen LogP contribution in [-0.2, 0) is 6.42 Å². The van der Waals surface area contributed by atoms with E-state index in [0.717, 1.165) is 11.3 Å². The fraction of sp³-hybridized carbons (Fsp3) is 0.176. The van der Waals surface area contributed by atoms with E-state index >= 15 is 0 Å². The SMILES string of the molecule is C=CCc1c(C)nc(OC)c(Cl)c1Oc1cc(Cl)cc(C#N)c1. The van der Waals surface area contributed by atoms with Gasteiger partial charge in [0.2, 0.25) is 5.88 Å². The van der Waals surface area contributed by atoms with Gasteiger partial charge in [-0.3, -0.25) is 0 Å². The summed E-state index contributed by atoms with van der Waals surface area (Å²) in [5, 5.41) is 9.70. The number of allylic oxidation sites excluding steroid dienone is 1. The zero-order chi connectivity index (χ0) is 17.0. The Morgan fingerprint density at radius 1 is 1.35 bits per heavy atom. The van der Waals surface area contributed by atoms with E-state index in [9.17, 15) is 0 Å². The molecule has 0 bridgehead atoms. The molecule has 1 heterocycles. The standard InChI is InChI=1S/C17H14Cl2N2O2/c1-4-5-14-10(2)21-17(22-3)15(19)16(14)23-13-7-11(9-20)6-12(18)8-13/h4,6-8H,1,5H2,2-3H3. The van der Waals surface area contributed by atoms with E-state index in [-0.39, 0.29) is 10.9 Å². The number of nitrogens with zero attached hydrogens (tertiary/aromatic N) is 2. The molecule has 0 N–H and O–H groups in total. The van der Waals surface area contributed by atoms with Crippen LogP contribution >= 0.6 is 23.2 Å². The molecule has 0 aliphatic heterocycles. The molecule has 0 fully saturated rings. The van der Waals surface area contributed by atoms with Gasteiger partial charge in [0.05, 0.1) is 18.7 Å². The molecular weight excluding hydrogens is 335 g/mol. The number of hydrogen-bond donors (Lipinski definition) is 0. The first-order valence-electron chi connectivity index (χ1n) is 6.72. The summed E-state index contributed by atoms with van der Waals surface area (Å²) in [4.78, 5) is 4.30. The molecule has 1 aromatic carbocycles. The Morgan fingerprint density at radius 2 is 2.09 bits per heavy atom. The predicted molar refractivity (Wildman–Crippen MR) is 90.7 cm³/mol. The molecular formula is C17H14Cl2N2O2. The topological polar surface area (TPSA) is 55.1 Å². The van der Waals surface area contributed by atoms with Crippen LogP contribution in [0.1, 0.15) is 16.8 Å². The number of hydrogen-bond acceptors (Lipinski definition) is 4. The Hall–Kier alpha value is -2.22. The highest BCUT2D eigenvalue weighted by Crippen LogP contribution is 2.40. The first-order chi connectivity index (χ1) is 11.0. The Morgan fingerprint density at radius 3 is 2.70 bits per heavy atom. The molecule has 0 atom stereocenters. The zero-order valence-electron chi connectivity index (χ0n) is 12.7. The summed E-state index contributed by atoms with van der Waals surface area (Å²) in [6.45, 7) is 5.57. The second-order valence-electron chi connectivity index (χ2n) is 4.71. The molecule has 0 aliphatic carbocycles. The van der Waals surface area contributed by atoms with E-state index in [4.69, 9.17) is 37.9 Å². The number of aryl methyl sites for hydroxylation is 1. The molecule has 23 heavy (non-hydrogen) atoms. The van der Waals surface area contributed by atoms with Crippen molar-refractivity contribution in [3.05, 3.63) is 57.7 Å². The second-order valence-corrected chi connectivity index (χ2v) is 5.52. The summed E-state index contributed by atoms with van der Waals surface area (Å²) in [7, 11) is 1.48. The van der Waals surface area contributed by atoms with Gasteiger partial charge in [-0.2, -0.15) is 5.26 Å². The minimum Gasteiger partial charge on any atom is -0.480 e. The van der Waals surface area contributed by atoms with Gasteiger partial charge in [0.25, 0.3) is 0 Å². The van der Waals surface area contributed by atoms with Crippen molar-refractivity contribution in [2.45, 2.75) is 13.3 Å². The summed E-state index contributed by atoms with van der Waals surface area (Å²) in [6, 6.07) is 6.78. The zero-order valence-corrected chi connectivity index (χ0v) is 14.2. The third kappa shape index (κ3) is 3.76. The lowest BCUT2D eigenvalue weighted by molar-refractivity contribution is 0.390. The van der Waals surface area contributed by atoms with E-state index in [1.54, 1.807) is 24.3 Å². The monoisotopic (exact) mass is 348 g/mol. The molecule has 0 unspecified atom stereocenters. The van der Waals surface area contributed by atoms with Crippen molar-refractivity contribution < 1.29 is 9.47 Å². The number of halogens is 2. The molecule has 0 amide bonds. The lowest BCUT2D eigenvalue weighted by Gasteiger charge is -2.16. The average molecular weight is 349 g/mol. The summed E-state index contributed by atoms with van der Waals surface area (Å²) in [5.41, 5.74) is 1.92. The minimum absolute atomic E-state index is 0.258. The number of benzene rings is 1. The molecule has 1 aromatic heterocycles. The fourth-order valence-corrected chi connectivity index (χ4v) is 2.59. The van der Waals surface area contributed by atoms with Crippen LogP contribution in [0.15, 0.2) is 30.9 Å². The quantitative estimate of drug-likeness (QED) is 0.705.